The number of aromatic nitrogens is 1. The van der Waals surface area contributed by atoms with Gasteiger partial charge in [0.1, 0.15) is 0 Å². The summed E-state index contributed by atoms with van der Waals surface area (Å²) in [6.07, 6.45) is 5.99. The Kier molecular flexibility index (Phi) is 16.8. The number of rotatable bonds is 10. The van der Waals surface area contributed by atoms with Crippen LogP contribution in [0.2, 0.25) is 0 Å². The third kappa shape index (κ3) is 9.05. The molecule has 0 N–H and O–H groups in total. The van der Waals surface area contributed by atoms with E-state index in [1.807, 2.05) is 0 Å². The number of benzene rings is 2. The predicted molar refractivity (Wildman–Crippen MR) is 157 cm³/mol. The van der Waals surface area contributed by atoms with Crippen molar-refractivity contribution in [2.75, 3.05) is 0 Å². The minimum atomic E-state index is 0. The quantitative estimate of drug-likeness (QED) is 0.329. The van der Waals surface area contributed by atoms with E-state index in [1.54, 1.807) is 0 Å². The van der Waals surface area contributed by atoms with Crippen molar-refractivity contribution in [3.63, 3.8) is 0 Å². The number of halogens is 2. The molecule has 0 saturated heterocycles. The second kappa shape index (κ2) is 17.7. The van der Waals surface area contributed by atoms with Crippen LogP contribution in [0.15, 0.2) is 52.4 Å². The summed E-state index contributed by atoms with van der Waals surface area (Å²) in [6.45, 7) is 17.4. The molecule has 1 heterocycles. The molecule has 1 aromatic heterocycles. The van der Waals surface area contributed by atoms with Crippen molar-refractivity contribution in [2.45, 2.75) is 93.9 Å². The van der Waals surface area contributed by atoms with Crippen LogP contribution in [-0.2, 0) is 57.1 Å². The fourth-order valence-corrected chi connectivity index (χ4v) is 4.73. The van der Waals surface area contributed by atoms with Crippen molar-refractivity contribution in [1.82, 2.24) is 4.98 Å². The second-order valence-corrected chi connectivity index (χ2v) is 9.45. The summed E-state index contributed by atoms with van der Waals surface area (Å²) in [5, 5.41) is 0. The van der Waals surface area contributed by atoms with Gasteiger partial charge in [0.25, 0.3) is 0 Å². The molecule has 0 fully saturated rings. The number of pyridine rings is 1. The molecule has 2 aromatic carbocycles. The van der Waals surface area contributed by atoms with Gasteiger partial charge >= 0.3 is 18.6 Å². The van der Waals surface area contributed by atoms with E-state index in [2.05, 4.69) is 97.9 Å². The first-order chi connectivity index (χ1) is 17.4. The van der Waals surface area contributed by atoms with Crippen LogP contribution in [0.5, 0.6) is 0 Å². The molecule has 0 aliphatic heterocycles. The van der Waals surface area contributed by atoms with Gasteiger partial charge in [0, 0.05) is 0 Å². The van der Waals surface area contributed by atoms with E-state index in [9.17, 15) is 0 Å². The van der Waals surface area contributed by atoms with Crippen molar-refractivity contribution >= 4 is 22.8 Å². The third-order valence-corrected chi connectivity index (χ3v) is 7.04. The molecule has 3 rings (SSSR count). The molecule has 3 nitrogen and oxygen atoms in total. The monoisotopic (exact) mass is 602 g/mol. The maximum atomic E-state index is 5.12. The van der Waals surface area contributed by atoms with Crippen LogP contribution in [0.4, 0.5) is 11.4 Å². The number of aliphatic imine (C=N–C) groups is 2. The van der Waals surface area contributed by atoms with E-state index in [0.717, 1.165) is 72.7 Å². The van der Waals surface area contributed by atoms with E-state index in [-0.39, 0.29) is 43.4 Å². The first kappa shape index (κ1) is 37.1. The Morgan fingerprint density at radius 2 is 0.872 bits per heavy atom. The standard InChI is InChI=1S/C33H43N3.2ClH.V/c1-9-24-18-26(11-3)32(27(12-4)19-24)34-22(7)30-16-15-17-31(36-30)23(8)35-33-28(13-5)20-25(10-2)21-29(33)14-6;;;/h15-21H,9-14H2,1-8H3;2*1H;/q;;;+2/p-2. The van der Waals surface area contributed by atoms with Crippen molar-refractivity contribution < 1.29 is 43.4 Å². The van der Waals surface area contributed by atoms with E-state index in [1.165, 1.54) is 33.4 Å². The Hall–Kier alpha value is -1.91. The van der Waals surface area contributed by atoms with Gasteiger partial charge in [0.2, 0.25) is 0 Å². The maximum absolute atomic E-state index is 5.12. The molecule has 0 aliphatic rings. The zero-order chi connectivity index (χ0) is 26.2. The van der Waals surface area contributed by atoms with Gasteiger partial charge in [-0.3, -0.25) is 9.98 Å². The summed E-state index contributed by atoms with van der Waals surface area (Å²) in [7, 11) is 0. The van der Waals surface area contributed by atoms with Gasteiger partial charge < -0.3 is 24.8 Å². The first-order valence-corrected chi connectivity index (χ1v) is 13.8. The van der Waals surface area contributed by atoms with Crippen molar-refractivity contribution in [2.24, 2.45) is 9.98 Å². The van der Waals surface area contributed by atoms with Crippen molar-refractivity contribution in [3.05, 3.63) is 87.2 Å². The van der Waals surface area contributed by atoms with Crippen LogP contribution < -0.4 is 24.8 Å². The Morgan fingerprint density at radius 1 is 0.564 bits per heavy atom. The summed E-state index contributed by atoms with van der Waals surface area (Å²) in [4.78, 5) is 15.2. The van der Waals surface area contributed by atoms with Gasteiger partial charge in [-0.1, -0.05) is 71.9 Å². The van der Waals surface area contributed by atoms with Crippen LogP contribution in [0.1, 0.15) is 100 Å². The van der Waals surface area contributed by atoms with Crippen molar-refractivity contribution in [1.29, 1.82) is 0 Å². The van der Waals surface area contributed by atoms with E-state index < -0.39 is 0 Å². The molecule has 0 amide bonds. The van der Waals surface area contributed by atoms with Crippen molar-refractivity contribution in [3.8, 4) is 0 Å². The molecule has 1 radical (unpaired) electrons. The van der Waals surface area contributed by atoms with Crippen LogP contribution in [-0.4, -0.2) is 16.4 Å². The Bertz CT molecular complexity index is 1140. The SMILES string of the molecule is CCc1cc(CC)c(N=C(C)c2cccc(C(C)=Nc3c(CC)cc(CC)cc3CC)n2)c(CC)c1.[Cl-].[Cl-].[V+2]. The largest absolute Gasteiger partial charge is 2.00 e. The molecule has 3 aromatic rings. The normalized spacial score (nSPS) is 11.4. The Balaban J connectivity index is 0.00000481. The second-order valence-electron chi connectivity index (χ2n) is 9.45. The number of nitrogens with zero attached hydrogens (tertiary/aromatic N) is 3. The minimum Gasteiger partial charge on any atom is -1.00 e. The maximum Gasteiger partial charge on any atom is 2.00 e. The smallest absolute Gasteiger partial charge is 1.00 e. The molecular formula is C33H43Cl2N3V. The van der Waals surface area contributed by atoms with Crippen LogP contribution in [0.3, 0.4) is 0 Å². The summed E-state index contributed by atoms with van der Waals surface area (Å²) in [5.74, 6) is 0. The molecule has 39 heavy (non-hydrogen) atoms. The molecule has 0 bridgehead atoms. The summed E-state index contributed by atoms with van der Waals surface area (Å²) < 4.78 is 0. The minimum absolute atomic E-state index is 0. The zero-order valence-electron chi connectivity index (χ0n) is 24.8. The molecule has 0 unspecified atom stereocenters. The Labute approximate surface area is 261 Å². The van der Waals surface area contributed by atoms with E-state index in [0.29, 0.717) is 0 Å². The van der Waals surface area contributed by atoms with Crippen LogP contribution >= 0.6 is 0 Å². The fraction of sp³-hybridized carbons (Fsp3) is 0.424. The average Bonchev–Trinajstić information content (AvgIpc) is 2.92. The molecule has 0 saturated carbocycles. The Morgan fingerprint density at radius 3 is 1.13 bits per heavy atom. The zero-order valence-corrected chi connectivity index (χ0v) is 27.7. The van der Waals surface area contributed by atoms with E-state index >= 15 is 0 Å². The molecule has 6 heteroatoms. The summed E-state index contributed by atoms with van der Waals surface area (Å²) in [6, 6.07) is 15.4. The van der Waals surface area contributed by atoms with Crippen LogP contribution in [0.25, 0.3) is 0 Å². The number of aryl methyl sites for hydroxylation is 6. The summed E-state index contributed by atoms with van der Waals surface area (Å²) >= 11 is 0. The number of hydrogen-bond donors (Lipinski definition) is 0. The molecule has 209 valence electrons. The predicted octanol–water partition coefficient (Wildman–Crippen LogP) is 2.74. The van der Waals surface area contributed by atoms with Gasteiger partial charge in [0.05, 0.1) is 34.2 Å². The molecule has 0 atom stereocenters. The van der Waals surface area contributed by atoms with Gasteiger partial charge in [-0.25, -0.2) is 4.98 Å². The van der Waals surface area contributed by atoms with E-state index in [4.69, 9.17) is 15.0 Å². The number of hydrogen-bond acceptors (Lipinski definition) is 3. The topological polar surface area (TPSA) is 37.6 Å². The third-order valence-electron chi connectivity index (χ3n) is 7.04. The average molecular weight is 604 g/mol. The van der Waals surface area contributed by atoms with Gasteiger partial charge in [-0.2, -0.15) is 0 Å². The fourth-order valence-electron chi connectivity index (χ4n) is 4.73. The molecule has 0 aliphatic carbocycles. The van der Waals surface area contributed by atoms with Crippen LogP contribution in [0, 0.1) is 0 Å². The first-order valence-electron chi connectivity index (χ1n) is 13.8. The van der Waals surface area contributed by atoms with Gasteiger partial charge in [-0.15, -0.1) is 0 Å². The molecule has 0 spiro atoms. The summed E-state index contributed by atoms with van der Waals surface area (Å²) in [5.41, 5.74) is 13.9. The van der Waals surface area contributed by atoms with Gasteiger partial charge in [0.15, 0.2) is 0 Å². The molecular weight excluding hydrogens is 560 g/mol. The van der Waals surface area contributed by atoms with Gasteiger partial charge in [-0.05, 0) is 97.9 Å².